The van der Waals surface area contributed by atoms with Crippen molar-refractivity contribution in [1.29, 1.82) is 0 Å². The number of nitrogens with zero attached hydrogens (tertiary/aromatic N) is 1. The standard InChI is InChI=1S/C20H19FN2O3S/c1-26-10-11-27(25)13-14-4-2-5-15(12-14)23-20(24)17-7-8-18(21)16-6-3-9-22-19(16)17/h2-9,12H,10-11,13H2,1H3,(H,23,24). The summed E-state index contributed by atoms with van der Waals surface area (Å²) in [7, 11) is 0.532. The van der Waals surface area contributed by atoms with Gasteiger partial charge in [0.25, 0.3) is 5.91 Å². The van der Waals surface area contributed by atoms with Crippen LogP contribution in [0, 0.1) is 5.82 Å². The molecule has 140 valence electrons. The van der Waals surface area contributed by atoms with Crippen molar-refractivity contribution < 1.29 is 18.1 Å². The van der Waals surface area contributed by atoms with Gasteiger partial charge in [0.2, 0.25) is 0 Å². The molecule has 0 aliphatic heterocycles. The number of hydrogen-bond acceptors (Lipinski definition) is 4. The molecule has 3 rings (SSSR count). The third-order valence-corrected chi connectivity index (χ3v) is 5.27. The van der Waals surface area contributed by atoms with Crippen LogP contribution in [-0.2, 0) is 21.3 Å². The van der Waals surface area contributed by atoms with E-state index in [1.807, 2.05) is 6.07 Å². The molecule has 0 saturated carbocycles. The highest BCUT2D eigenvalue weighted by Gasteiger charge is 2.14. The Morgan fingerprint density at radius 2 is 2.07 bits per heavy atom. The number of nitrogens with one attached hydrogen (secondary N) is 1. The number of carbonyl (C=O) groups excluding carboxylic acids is 1. The second-order valence-corrected chi connectivity index (χ2v) is 7.51. The van der Waals surface area contributed by atoms with Gasteiger partial charge < -0.3 is 10.1 Å². The smallest absolute Gasteiger partial charge is 0.257 e. The van der Waals surface area contributed by atoms with Gasteiger partial charge in [0.1, 0.15) is 5.82 Å². The van der Waals surface area contributed by atoms with E-state index in [2.05, 4.69) is 10.3 Å². The van der Waals surface area contributed by atoms with Gasteiger partial charge in [-0.3, -0.25) is 14.0 Å². The van der Waals surface area contributed by atoms with Crippen LogP contribution in [0.15, 0.2) is 54.7 Å². The Bertz CT molecular complexity index is 994. The summed E-state index contributed by atoms with van der Waals surface area (Å²) in [5.74, 6) is 0.0422. The highest BCUT2D eigenvalue weighted by molar-refractivity contribution is 7.84. The van der Waals surface area contributed by atoms with E-state index in [9.17, 15) is 13.4 Å². The summed E-state index contributed by atoms with van der Waals surface area (Å²) >= 11 is 0. The number of hydrogen-bond donors (Lipinski definition) is 1. The summed E-state index contributed by atoms with van der Waals surface area (Å²) in [6.07, 6.45) is 1.52. The molecule has 0 aliphatic rings. The molecular weight excluding hydrogens is 367 g/mol. The Balaban J connectivity index is 1.78. The molecule has 0 radical (unpaired) electrons. The Morgan fingerprint density at radius 3 is 2.89 bits per heavy atom. The summed E-state index contributed by atoms with van der Waals surface area (Å²) < 4.78 is 30.9. The number of pyridine rings is 1. The lowest BCUT2D eigenvalue weighted by Gasteiger charge is -2.09. The molecule has 2 aromatic carbocycles. The highest BCUT2D eigenvalue weighted by atomic mass is 32.2. The first-order chi connectivity index (χ1) is 13.1. The van der Waals surface area contributed by atoms with Crippen LogP contribution in [0.1, 0.15) is 15.9 Å². The van der Waals surface area contributed by atoms with Crippen molar-refractivity contribution in [1.82, 2.24) is 4.98 Å². The van der Waals surface area contributed by atoms with E-state index in [1.165, 1.54) is 18.3 Å². The third kappa shape index (κ3) is 4.75. The fourth-order valence-electron chi connectivity index (χ4n) is 2.69. The van der Waals surface area contributed by atoms with Gasteiger partial charge in [-0.05, 0) is 42.0 Å². The summed E-state index contributed by atoms with van der Waals surface area (Å²) in [6, 6.07) is 13.1. The number of amides is 1. The second kappa shape index (κ2) is 8.83. The van der Waals surface area contributed by atoms with E-state index in [0.29, 0.717) is 40.3 Å². The van der Waals surface area contributed by atoms with Crippen LogP contribution >= 0.6 is 0 Å². The van der Waals surface area contributed by atoms with Gasteiger partial charge >= 0.3 is 0 Å². The van der Waals surface area contributed by atoms with Gasteiger partial charge in [0.05, 0.1) is 17.7 Å². The first-order valence-electron chi connectivity index (χ1n) is 8.36. The number of anilines is 1. The van der Waals surface area contributed by atoms with E-state index in [1.54, 1.807) is 37.4 Å². The molecule has 0 bridgehead atoms. The molecule has 1 amide bonds. The largest absolute Gasteiger partial charge is 0.384 e. The van der Waals surface area contributed by atoms with Crippen molar-refractivity contribution in [2.75, 3.05) is 24.8 Å². The average molecular weight is 386 g/mol. The van der Waals surface area contributed by atoms with E-state index < -0.39 is 16.6 Å². The molecule has 27 heavy (non-hydrogen) atoms. The number of benzene rings is 2. The monoisotopic (exact) mass is 386 g/mol. The maximum Gasteiger partial charge on any atom is 0.257 e. The fraction of sp³-hybridized carbons (Fsp3) is 0.200. The van der Waals surface area contributed by atoms with Crippen LogP contribution in [0.2, 0.25) is 0 Å². The topological polar surface area (TPSA) is 68.3 Å². The summed E-state index contributed by atoms with van der Waals surface area (Å²) in [6.45, 7) is 0.438. The summed E-state index contributed by atoms with van der Waals surface area (Å²) in [5.41, 5.74) is 2.03. The summed E-state index contributed by atoms with van der Waals surface area (Å²) in [4.78, 5) is 16.8. The molecule has 1 aromatic heterocycles. The quantitative estimate of drug-likeness (QED) is 0.675. The Hall–Kier alpha value is -2.64. The van der Waals surface area contributed by atoms with E-state index in [-0.39, 0.29) is 5.91 Å². The van der Waals surface area contributed by atoms with Crippen molar-refractivity contribution in [2.45, 2.75) is 5.75 Å². The predicted octanol–water partition coefficient (Wildman–Crippen LogP) is 3.52. The zero-order valence-corrected chi connectivity index (χ0v) is 15.6. The first-order valence-corrected chi connectivity index (χ1v) is 9.84. The molecule has 7 heteroatoms. The lowest BCUT2D eigenvalue weighted by Crippen LogP contribution is -2.13. The molecule has 0 aliphatic carbocycles. The molecule has 1 atom stereocenters. The second-order valence-electron chi connectivity index (χ2n) is 5.93. The molecule has 0 fully saturated rings. The fourth-order valence-corrected chi connectivity index (χ4v) is 3.74. The van der Waals surface area contributed by atoms with Crippen molar-refractivity contribution in [3.8, 4) is 0 Å². The molecule has 5 nitrogen and oxygen atoms in total. The number of methoxy groups -OCH3 is 1. The van der Waals surface area contributed by atoms with Crippen molar-refractivity contribution >= 4 is 33.3 Å². The van der Waals surface area contributed by atoms with E-state index in [4.69, 9.17) is 4.74 Å². The number of fused-ring (bicyclic) bond motifs is 1. The lowest BCUT2D eigenvalue weighted by atomic mass is 10.1. The van der Waals surface area contributed by atoms with Crippen molar-refractivity contribution in [3.63, 3.8) is 0 Å². The number of rotatable bonds is 7. The van der Waals surface area contributed by atoms with Crippen LogP contribution in [0.3, 0.4) is 0 Å². The predicted molar refractivity (Wildman–Crippen MR) is 105 cm³/mol. The van der Waals surface area contributed by atoms with Gasteiger partial charge in [-0.1, -0.05) is 12.1 Å². The zero-order valence-electron chi connectivity index (χ0n) is 14.8. The van der Waals surface area contributed by atoms with Gasteiger partial charge in [0.15, 0.2) is 0 Å². The molecular formula is C20H19FN2O3S. The number of ether oxygens (including phenoxy) is 1. The molecule has 0 spiro atoms. The van der Waals surface area contributed by atoms with Gasteiger partial charge in [0, 0.05) is 46.7 Å². The van der Waals surface area contributed by atoms with Crippen molar-refractivity contribution in [3.05, 3.63) is 71.7 Å². The minimum absolute atomic E-state index is 0.293. The summed E-state index contributed by atoms with van der Waals surface area (Å²) in [5, 5.41) is 3.10. The Morgan fingerprint density at radius 1 is 1.22 bits per heavy atom. The maximum absolute atomic E-state index is 13.9. The van der Waals surface area contributed by atoms with Gasteiger partial charge in [-0.25, -0.2) is 4.39 Å². The minimum Gasteiger partial charge on any atom is -0.384 e. The van der Waals surface area contributed by atoms with Gasteiger partial charge in [-0.15, -0.1) is 0 Å². The van der Waals surface area contributed by atoms with Crippen LogP contribution in [-0.4, -0.2) is 34.6 Å². The molecule has 0 saturated heterocycles. The van der Waals surface area contributed by atoms with E-state index >= 15 is 0 Å². The first kappa shape index (κ1) is 19.1. The number of carbonyl (C=O) groups is 1. The third-order valence-electron chi connectivity index (χ3n) is 3.99. The molecule has 1 unspecified atom stereocenters. The Kier molecular flexibility index (Phi) is 6.26. The van der Waals surface area contributed by atoms with E-state index in [0.717, 1.165) is 5.56 Å². The number of aromatic nitrogens is 1. The molecule has 3 aromatic rings. The minimum atomic E-state index is -1.04. The molecule has 1 heterocycles. The average Bonchev–Trinajstić information content (AvgIpc) is 2.67. The number of halogens is 1. The lowest BCUT2D eigenvalue weighted by molar-refractivity contribution is 0.102. The van der Waals surface area contributed by atoms with Gasteiger partial charge in [-0.2, -0.15) is 0 Å². The highest BCUT2D eigenvalue weighted by Crippen LogP contribution is 2.21. The van der Waals surface area contributed by atoms with Crippen molar-refractivity contribution in [2.24, 2.45) is 0 Å². The Labute approximate surface area is 159 Å². The van der Waals surface area contributed by atoms with Crippen LogP contribution in [0.4, 0.5) is 10.1 Å². The van der Waals surface area contributed by atoms with Crippen LogP contribution < -0.4 is 5.32 Å². The zero-order chi connectivity index (χ0) is 19.2. The van der Waals surface area contributed by atoms with Crippen LogP contribution in [0.25, 0.3) is 10.9 Å². The van der Waals surface area contributed by atoms with Crippen LogP contribution in [0.5, 0.6) is 0 Å². The molecule has 1 N–H and O–H groups in total. The SMILES string of the molecule is COCCS(=O)Cc1cccc(NC(=O)c2ccc(F)c3cccnc23)c1. The normalized spacial score (nSPS) is 12.1. The maximum atomic E-state index is 13.9.